The number of hydrogen-bond donors (Lipinski definition) is 2. The third-order valence-corrected chi connectivity index (χ3v) is 8.97. The summed E-state index contributed by atoms with van der Waals surface area (Å²) in [6.07, 6.45) is 6.17. The Morgan fingerprint density at radius 2 is 1.76 bits per heavy atom. The molecule has 1 aromatic carbocycles. The largest absolute Gasteiger partial charge is 0.382 e. The van der Waals surface area contributed by atoms with Gasteiger partial charge in [-0.15, -0.1) is 0 Å². The van der Waals surface area contributed by atoms with Gasteiger partial charge in [0.2, 0.25) is 5.91 Å². The molecule has 5 aromatic rings. The van der Waals surface area contributed by atoms with Crippen LogP contribution >= 0.6 is 11.6 Å². The molecule has 0 radical (unpaired) electrons. The molecular weight excluding hydrogens is 592 g/mol. The first kappa shape index (κ1) is 30.0. The lowest BCUT2D eigenvalue weighted by atomic mass is 9.92. The Bertz CT molecular complexity index is 1990. The average molecular weight is 625 g/mol. The highest BCUT2D eigenvalue weighted by Gasteiger charge is 2.29. The van der Waals surface area contributed by atoms with Crippen LogP contribution in [0.2, 0.25) is 5.02 Å². The highest BCUT2D eigenvalue weighted by atomic mass is 35.5. The van der Waals surface area contributed by atoms with Gasteiger partial charge in [-0.2, -0.15) is 5.10 Å². The summed E-state index contributed by atoms with van der Waals surface area (Å²) in [7, 11) is 0. The highest BCUT2D eigenvalue weighted by molar-refractivity contribution is 6.35. The average Bonchev–Trinajstić information content (AvgIpc) is 3.44. The molecule has 0 atom stereocenters. The topological polar surface area (TPSA) is 154 Å². The Labute approximate surface area is 264 Å². The molecule has 6 rings (SSSR count). The van der Waals surface area contributed by atoms with Crippen LogP contribution in [0.3, 0.4) is 0 Å². The number of nitrogens with zero attached hydrogens (tertiary/aromatic N) is 6. The van der Waals surface area contributed by atoms with E-state index in [1.54, 1.807) is 37.4 Å². The molecule has 12 heteroatoms. The fraction of sp³-hybridized carbons (Fsp3) is 0.273. The lowest BCUT2D eigenvalue weighted by Crippen LogP contribution is -2.40. The zero-order valence-corrected chi connectivity index (χ0v) is 26.0. The summed E-state index contributed by atoms with van der Waals surface area (Å²) in [6.45, 7) is 6.92. The number of rotatable bonds is 6. The maximum Gasteiger partial charge on any atom is 0.268 e. The molecule has 0 bridgehead atoms. The van der Waals surface area contributed by atoms with Crippen molar-refractivity contribution in [2.24, 2.45) is 11.7 Å². The van der Waals surface area contributed by atoms with E-state index in [1.807, 2.05) is 35.4 Å². The first-order chi connectivity index (χ1) is 21.6. The van der Waals surface area contributed by atoms with Gasteiger partial charge in [0.05, 0.1) is 16.9 Å². The van der Waals surface area contributed by atoms with Crippen molar-refractivity contribution in [3.63, 3.8) is 0 Å². The van der Waals surface area contributed by atoms with Gasteiger partial charge in [-0.05, 0) is 49.1 Å². The van der Waals surface area contributed by atoms with Crippen LogP contribution in [0.25, 0.3) is 33.5 Å². The molecule has 1 aliphatic rings. The van der Waals surface area contributed by atoms with Crippen molar-refractivity contribution in [2.45, 2.75) is 39.5 Å². The first-order valence-corrected chi connectivity index (χ1v) is 15.1. The van der Waals surface area contributed by atoms with Crippen LogP contribution in [-0.2, 0) is 4.79 Å². The number of nitrogen functional groups attached to an aromatic ring is 1. The fourth-order valence-electron chi connectivity index (χ4n) is 6.24. The molecule has 1 aliphatic heterocycles. The second kappa shape index (κ2) is 11.8. The Morgan fingerprint density at radius 3 is 2.38 bits per heavy atom. The third-order valence-electron chi connectivity index (χ3n) is 8.50. The maximum absolute atomic E-state index is 13.6. The number of halogens is 1. The zero-order chi connectivity index (χ0) is 32.0. The van der Waals surface area contributed by atoms with E-state index in [9.17, 15) is 14.4 Å². The van der Waals surface area contributed by atoms with Gasteiger partial charge in [-0.1, -0.05) is 49.7 Å². The van der Waals surface area contributed by atoms with Crippen LogP contribution in [-0.4, -0.2) is 54.0 Å². The Balaban J connectivity index is 1.40. The number of anilines is 1. The van der Waals surface area contributed by atoms with Crippen molar-refractivity contribution in [1.82, 2.24) is 29.0 Å². The molecule has 4 aromatic heterocycles. The molecular formula is C33H33ClN8O3. The molecule has 4 N–H and O–H groups in total. The number of nitrogens with two attached hydrogens (primary N) is 2. The van der Waals surface area contributed by atoms with E-state index >= 15 is 0 Å². The van der Waals surface area contributed by atoms with Gasteiger partial charge >= 0.3 is 0 Å². The molecule has 1 fully saturated rings. The molecule has 11 nitrogen and oxygen atoms in total. The molecule has 45 heavy (non-hydrogen) atoms. The number of piperidine rings is 1. The second-order valence-electron chi connectivity index (χ2n) is 11.6. The standard InChI is InChI=1S/C33H33ClN8O3/c1-18(2)32(44)40-13-10-21(11-14-40)25-15-24(29-30(35)38-17-39-42(25)29)20-6-8-22(9-7-20)26-27(31(36)43)33(45)41(19(3)28(26)34)23-5-4-12-37-16-23/h4-9,12,15-18,21H,10-11,13-14H2,1-3H3,(H2,36,43)(H2,35,38,39). The van der Waals surface area contributed by atoms with Crippen LogP contribution < -0.4 is 17.0 Å². The quantitative estimate of drug-likeness (QED) is 0.279. The van der Waals surface area contributed by atoms with E-state index in [0.29, 0.717) is 41.4 Å². The summed E-state index contributed by atoms with van der Waals surface area (Å²) in [5, 5.41) is 4.77. The van der Waals surface area contributed by atoms with E-state index in [1.165, 1.54) is 17.1 Å². The number of pyridine rings is 2. The lowest BCUT2D eigenvalue weighted by Gasteiger charge is -2.33. The lowest BCUT2D eigenvalue weighted by molar-refractivity contribution is -0.135. The number of carbonyl (C=O) groups excluding carboxylic acids is 2. The van der Waals surface area contributed by atoms with Crippen molar-refractivity contribution in [3.8, 4) is 27.9 Å². The van der Waals surface area contributed by atoms with Crippen LogP contribution in [0.5, 0.6) is 0 Å². The van der Waals surface area contributed by atoms with Gasteiger partial charge in [0.25, 0.3) is 11.5 Å². The predicted octanol–water partition coefficient (Wildman–Crippen LogP) is 4.61. The van der Waals surface area contributed by atoms with Gasteiger partial charge in [0.1, 0.15) is 17.4 Å². The van der Waals surface area contributed by atoms with Crippen molar-refractivity contribution >= 4 is 34.7 Å². The summed E-state index contributed by atoms with van der Waals surface area (Å²) in [6, 6.07) is 12.8. The first-order valence-electron chi connectivity index (χ1n) is 14.8. The molecule has 0 aliphatic carbocycles. The van der Waals surface area contributed by atoms with E-state index in [0.717, 1.165) is 29.7 Å². The molecule has 0 spiro atoms. The van der Waals surface area contributed by atoms with Gasteiger partial charge in [-0.3, -0.25) is 23.9 Å². The minimum absolute atomic E-state index is 0.0336. The van der Waals surface area contributed by atoms with Crippen LogP contribution in [0.15, 0.2) is 66.0 Å². The minimum Gasteiger partial charge on any atom is -0.382 e. The number of primary amides is 1. The van der Waals surface area contributed by atoms with Gasteiger partial charge in [-0.25, -0.2) is 9.50 Å². The third kappa shape index (κ3) is 5.22. The second-order valence-corrected chi connectivity index (χ2v) is 12.0. The monoisotopic (exact) mass is 624 g/mol. The zero-order valence-electron chi connectivity index (χ0n) is 25.2. The van der Waals surface area contributed by atoms with Crippen molar-refractivity contribution in [3.05, 3.63) is 93.5 Å². The van der Waals surface area contributed by atoms with E-state index in [2.05, 4.69) is 21.1 Å². The number of hydrogen-bond acceptors (Lipinski definition) is 7. The molecule has 5 heterocycles. The van der Waals surface area contributed by atoms with Crippen LogP contribution in [0, 0.1) is 12.8 Å². The fourth-order valence-corrected chi connectivity index (χ4v) is 6.52. The van der Waals surface area contributed by atoms with Crippen molar-refractivity contribution in [1.29, 1.82) is 0 Å². The summed E-state index contributed by atoms with van der Waals surface area (Å²) < 4.78 is 3.19. The number of aromatic nitrogens is 5. The number of amides is 2. The SMILES string of the molecule is Cc1c(Cl)c(-c2ccc(-c3cc(C4CCN(C(=O)C(C)C)CC4)n4ncnc(N)c34)cc2)c(C(N)=O)c(=O)n1-c1cccnc1. The van der Waals surface area contributed by atoms with Gasteiger partial charge in [0, 0.05) is 53.6 Å². The number of likely N-dealkylation sites (tertiary alicyclic amines) is 1. The Morgan fingerprint density at radius 1 is 1.07 bits per heavy atom. The van der Waals surface area contributed by atoms with Crippen LogP contribution in [0.1, 0.15) is 54.4 Å². The van der Waals surface area contributed by atoms with Gasteiger partial charge < -0.3 is 16.4 Å². The molecule has 0 unspecified atom stereocenters. The van der Waals surface area contributed by atoms with Gasteiger partial charge in [0.15, 0.2) is 5.82 Å². The van der Waals surface area contributed by atoms with Crippen molar-refractivity contribution < 1.29 is 9.59 Å². The van der Waals surface area contributed by atoms with Crippen molar-refractivity contribution in [2.75, 3.05) is 18.8 Å². The minimum atomic E-state index is -0.882. The normalized spacial score (nSPS) is 13.9. The summed E-state index contributed by atoms with van der Waals surface area (Å²) in [4.78, 5) is 49.1. The van der Waals surface area contributed by atoms with E-state index in [4.69, 9.17) is 23.1 Å². The number of benzene rings is 1. The molecule has 2 amide bonds. The number of carbonyl (C=O) groups is 2. The number of fused-ring (bicyclic) bond motifs is 1. The maximum atomic E-state index is 13.6. The predicted molar refractivity (Wildman–Crippen MR) is 173 cm³/mol. The molecule has 1 saturated heterocycles. The van der Waals surface area contributed by atoms with Crippen LogP contribution in [0.4, 0.5) is 5.82 Å². The van der Waals surface area contributed by atoms with E-state index < -0.39 is 11.5 Å². The summed E-state index contributed by atoms with van der Waals surface area (Å²) in [5.41, 5.74) is 16.5. The Hall–Kier alpha value is -5.03. The summed E-state index contributed by atoms with van der Waals surface area (Å²) >= 11 is 6.85. The van der Waals surface area contributed by atoms with E-state index in [-0.39, 0.29) is 33.9 Å². The molecule has 230 valence electrons. The molecule has 0 saturated carbocycles. The smallest absolute Gasteiger partial charge is 0.268 e. The Kier molecular flexibility index (Phi) is 7.88. The summed E-state index contributed by atoms with van der Waals surface area (Å²) in [5.74, 6) is -0.217. The highest BCUT2D eigenvalue weighted by Crippen LogP contribution is 2.39.